The fourth-order valence-electron chi connectivity index (χ4n) is 7.67. The first-order chi connectivity index (χ1) is 30.8. The molecule has 0 spiro atoms. The molecule has 0 saturated carbocycles. The lowest BCUT2D eigenvalue weighted by Gasteiger charge is -2.47. The van der Waals surface area contributed by atoms with Crippen molar-refractivity contribution in [3.05, 3.63) is 189 Å². The van der Waals surface area contributed by atoms with Gasteiger partial charge in [-0.1, -0.05) is 84.9 Å². The minimum atomic E-state index is -2.61. The third-order valence-electron chi connectivity index (χ3n) is 11.2. The van der Waals surface area contributed by atoms with Gasteiger partial charge in [0.1, 0.15) is 28.6 Å². The molecular formula is C49H56O13P2. The summed E-state index contributed by atoms with van der Waals surface area (Å²) in [5.41, 5.74) is 4.79. The number of methoxy groups -OCH3 is 4. The van der Waals surface area contributed by atoms with Crippen molar-refractivity contribution in [2.75, 3.05) is 48.3 Å². The number of ether oxygens (including phenoxy) is 4. The maximum atomic E-state index is 13.7. The standard InChI is InChI=1S/C49H52O8.H4O5P2/c1-54-42-15-5-34(6-16-42)25-38-13-23-46(40(29-38)27-36-9-19-44(56-3)20-10-36)49(53,48(31-50,32-51)33-52)47-24-14-39(26-35-7-17-43(55-2)18-8-35)30-41(47)28-37-11-21-45(57-4)22-12-37;1-6(2)5-7(3)4/h5-24,29-30,50-53H,25-28,31-33H2,1-4H3;1-4H. The number of aliphatic hydroxyl groups is 4. The lowest BCUT2D eigenvalue weighted by molar-refractivity contribution is -0.136. The monoisotopic (exact) mass is 914 g/mol. The molecule has 64 heavy (non-hydrogen) atoms. The zero-order valence-electron chi connectivity index (χ0n) is 36.2. The van der Waals surface area contributed by atoms with Gasteiger partial charge in [-0.05, 0) is 130 Å². The van der Waals surface area contributed by atoms with E-state index in [2.05, 4.69) is 16.4 Å². The molecule has 340 valence electrons. The van der Waals surface area contributed by atoms with Crippen LogP contribution >= 0.6 is 17.2 Å². The number of hydrogen-bond donors (Lipinski definition) is 8. The molecule has 0 aromatic heterocycles. The van der Waals surface area contributed by atoms with Crippen molar-refractivity contribution in [2.45, 2.75) is 31.3 Å². The minimum absolute atomic E-state index is 0.416. The van der Waals surface area contributed by atoms with E-state index in [9.17, 15) is 20.4 Å². The summed E-state index contributed by atoms with van der Waals surface area (Å²) in [5.74, 6) is 2.99. The highest BCUT2D eigenvalue weighted by Gasteiger charge is 2.54. The second-order valence-electron chi connectivity index (χ2n) is 15.1. The molecule has 0 aliphatic heterocycles. The first-order valence-corrected chi connectivity index (χ1v) is 22.5. The molecule has 0 saturated heterocycles. The first-order valence-electron chi connectivity index (χ1n) is 20.2. The molecule has 15 heteroatoms. The summed E-state index contributed by atoms with van der Waals surface area (Å²) < 4.78 is 25.2. The van der Waals surface area contributed by atoms with Crippen LogP contribution in [-0.2, 0) is 35.6 Å². The van der Waals surface area contributed by atoms with Crippen molar-refractivity contribution in [2.24, 2.45) is 5.41 Å². The van der Waals surface area contributed by atoms with E-state index < -0.39 is 48.0 Å². The second-order valence-corrected chi connectivity index (χ2v) is 16.8. The van der Waals surface area contributed by atoms with Crippen molar-refractivity contribution in [3.63, 3.8) is 0 Å². The van der Waals surface area contributed by atoms with Gasteiger partial charge in [-0.3, -0.25) is 0 Å². The van der Waals surface area contributed by atoms with Crippen LogP contribution in [0.2, 0.25) is 0 Å². The molecule has 0 aliphatic carbocycles. The number of aliphatic hydroxyl groups excluding tert-OH is 3. The van der Waals surface area contributed by atoms with Crippen LogP contribution in [0.3, 0.4) is 0 Å². The summed E-state index contributed by atoms with van der Waals surface area (Å²) >= 11 is 0. The van der Waals surface area contributed by atoms with E-state index in [0.717, 1.165) is 67.5 Å². The van der Waals surface area contributed by atoms with Crippen LogP contribution in [0, 0.1) is 5.41 Å². The smallest absolute Gasteiger partial charge is 0.334 e. The van der Waals surface area contributed by atoms with Gasteiger partial charge >= 0.3 is 17.2 Å². The molecule has 0 aliphatic rings. The average molecular weight is 915 g/mol. The maximum absolute atomic E-state index is 13.7. The molecule has 0 fully saturated rings. The van der Waals surface area contributed by atoms with E-state index in [1.807, 2.05) is 121 Å². The Morgan fingerprint density at radius 1 is 0.391 bits per heavy atom. The summed E-state index contributed by atoms with van der Waals surface area (Å²) in [5, 5.41) is 47.2. The molecule has 0 unspecified atom stereocenters. The van der Waals surface area contributed by atoms with Crippen LogP contribution < -0.4 is 18.9 Å². The molecule has 0 bridgehead atoms. The second kappa shape index (κ2) is 23.8. The average Bonchev–Trinajstić information content (AvgIpc) is 3.30. The fraction of sp³-hybridized carbons (Fsp3) is 0.265. The molecule has 6 rings (SSSR count). The quantitative estimate of drug-likeness (QED) is 0.0376. The number of hydrogen-bond acceptors (Lipinski definition) is 13. The Kier molecular flexibility index (Phi) is 18.6. The Hall–Kier alpha value is -4.98. The molecule has 0 heterocycles. The van der Waals surface area contributed by atoms with Crippen LogP contribution in [-0.4, -0.2) is 88.3 Å². The zero-order chi connectivity index (χ0) is 46.3. The van der Waals surface area contributed by atoms with Gasteiger partial charge in [0, 0.05) is 0 Å². The number of benzene rings is 6. The Morgan fingerprint density at radius 3 is 0.891 bits per heavy atom. The van der Waals surface area contributed by atoms with E-state index in [0.29, 0.717) is 36.8 Å². The van der Waals surface area contributed by atoms with Gasteiger partial charge in [0.25, 0.3) is 0 Å². The first kappa shape index (κ1) is 50.0. The van der Waals surface area contributed by atoms with Gasteiger partial charge < -0.3 is 58.9 Å². The van der Waals surface area contributed by atoms with Crippen molar-refractivity contribution in [3.8, 4) is 23.0 Å². The molecule has 0 radical (unpaired) electrons. The van der Waals surface area contributed by atoms with E-state index in [1.54, 1.807) is 28.4 Å². The Labute approximate surface area is 376 Å². The molecular weight excluding hydrogens is 858 g/mol. The van der Waals surface area contributed by atoms with Crippen LogP contribution in [0.25, 0.3) is 0 Å². The van der Waals surface area contributed by atoms with Gasteiger partial charge in [0.15, 0.2) is 0 Å². The molecule has 0 atom stereocenters. The lowest BCUT2D eigenvalue weighted by Crippen LogP contribution is -2.55. The molecule has 6 aromatic carbocycles. The van der Waals surface area contributed by atoms with Crippen LogP contribution in [0.5, 0.6) is 23.0 Å². The normalized spacial score (nSPS) is 11.6. The Morgan fingerprint density at radius 2 is 0.656 bits per heavy atom. The Bertz CT molecular complexity index is 2170. The van der Waals surface area contributed by atoms with Crippen LogP contribution in [0.1, 0.15) is 55.6 Å². The van der Waals surface area contributed by atoms with E-state index in [-0.39, 0.29) is 0 Å². The van der Waals surface area contributed by atoms with Crippen molar-refractivity contribution in [1.29, 1.82) is 0 Å². The maximum Gasteiger partial charge on any atom is 0.334 e. The SMILES string of the molecule is COc1ccc(Cc2ccc(C(O)(c3ccc(Cc4ccc(OC)cc4)cc3Cc3ccc(OC)cc3)C(CO)(CO)CO)c(Cc3ccc(OC)cc3)c2)cc1.OP(O)OP(O)O. The summed E-state index contributed by atoms with van der Waals surface area (Å²) in [6, 6.07) is 43.2. The predicted octanol–water partition coefficient (Wildman–Crippen LogP) is 6.71. The predicted molar refractivity (Wildman–Crippen MR) is 247 cm³/mol. The minimum Gasteiger partial charge on any atom is -0.497 e. The summed E-state index contributed by atoms with van der Waals surface area (Å²) in [6.07, 6.45) is 2.07. The summed E-state index contributed by atoms with van der Waals surface area (Å²) in [7, 11) is 1.31. The summed E-state index contributed by atoms with van der Waals surface area (Å²) in [6.45, 7) is -2.08. The fourth-order valence-corrected chi connectivity index (χ4v) is 8.19. The molecule has 6 aromatic rings. The van der Waals surface area contributed by atoms with Crippen molar-refractivity contribution >= 4 is 17.2 Å². The highest BCUT2D eigenvalue weighted by Crippen LogP contribution is 2.49. The van der Waals surface area contributed by atoms with E-state index in [1.165, 1.54) is 0 Å². The summed E-state index contributed by atoms with van der Waals surface area (Å²) in [4.78, 5) is 31.3. The topological polar surface area (TPSA) is 208 Å². The number of rotatable bonds is 20. The van der Waals surface area contributed by atoms with Gasteiger partial charge in [0.2, 0.25) is 0 Å². The Balaban J connectivity index is 0.00000102. The molecule has 0 amide bonds. The van der Waals surface area contributed by atoms with Crippen molar-refractivity contribution in [1.82, 2.24) is 0 Å². The molecule has 13 nitrogen and oxygen atoms in total. The highest BCUT2D eigenvalue weighted by atomic mass is 31.2. The van der Waals surface area contributed by atoms with Crippen LogP contribution in [0.4, 0.5) is 0 Å². The van der Waals surface area contributed by atoms with E-state index in [4.69, 9.17) is 38.5 Å². The zero-order valence-corrected chi connectivity index (χ0v) is 38.0. The van der Waals surface area contributed by atoms with Crippen LogP contribution in [0.15, 0.2) is 133 Å². The van der Waals surface area contributed by atoms with Gasteiger partial charge in [0.05, 0.1) is 53.7 Å². The highest BCUT2D eigenvalue weighted by molar-refractivity contribution is 7.53. The largest absolute Gasteiger partial charge is 0.497 e. The lowest BCUT2D eigenvalue weighted by atomic mass is 9.63. The van der Waals surface area contributed by atoms with Gasteiger partial charge in [-0.15, -0.1) is 0 Å². The van der Waals surface area contributed by atoms with Gasteiger partial charge in [-0.2, -0.15) is 0 Å². The van der Waals surface area contributed by atoms with Crippen molar-refractivity contribution < 1.29 is 63.3 Å². The van der Waals surface area contributed by atoms with E-state index >= 15 is 0 Å². The van der Waals surface area contributed by atoms with Gasteiger partial charge in [-0.25, -0.2) is 4.31 Å². The third kappa shape index (κ3) is 12.6. The third-order valence-corrected chi connectivity index (χ3v) is 12.4. The molecule has 8 N–H and O–H groups in total.